The van der Waals surface area contributed by atoms with Crippen molar-refractivity contribution in [2.45, 2.75) is 71.6 Å². The summed E-state index contributed by atoms with van der Waals surface area (Å²) in [5.74, 6) is 6.61. The van der Waals surface area contributed by atoms with Crippen molar-refractivity contribution in [1.82, 2.24) is 0 Å². The molecule has 4 rings (SSSR count). The maximum atomic E-state index is 2.66. The van der Waals surface area contributed by atoms with Crippen LogP contribution in [0, 0.1) is 40.9 Å². The van der Waals surface area contributed by atoms with Crippen molar-refractivity contribution < 1.29 is 0 Å². The largest absolute Gasteiger partial charge is 0.0622 e. The summed E-state index contributed by atoms with van der Waals surface area (Å²) in [5.41, 5.74) is 0.753. The molecular weight excluding hydrogens is 216 g/mol. The van der Waals surface area contributed by atoms with E-state index in [4.69, 9.17) is 0 Å². The lowest BCUT2D eigenvalue weighted by atomic mass is 9.63. The number of hydrogen-bond acceptors (Lipinski definition) is 0. The van der Waals surface area contributed by atoms with E-state index in [1.165, 1.54) is 0 Å². The molecule has 102 valence electrons. The van der Waals surface area contributed by atoms with Gasteiger partial charge in [-0.3, -0.25) is 0 Å². The van der Waals surface area contributed by atoms with Crippen LogP contribution in [-0.2, 0) is 0 Å². The van der Waals surface area contributed by atoms with E-state index in [0.29, 0.717) is 0 Å². The monoisotopic (exact) mass is 246 g/mol. The van der Waals surface area contributed by atoms with Crippen molar-refractivity contribution >= 4 is 0 Å². The van der Waals surface area contributed by atoms with Crippen LogP contribution in [0.15, 0.2) is 0 Å². The van der Waals surface area contributed by atoms with E-state index in [9.17, 15) is 0 Å². The lowest BCUT2D eigenvalue weighted by Gasteiger charge is -2.42. The van der Waals surface area contributed by atoms with E-state index >= 15 is 0 Å². The Bertz CT molecular complexity index is 333. The second-order valence-corrected chi connectivity index (χ2v) is 8.74. The van der Waals surface area contributed by atoms with Gasteiger partial charge in [-0.05, 0) is 92.3 Å². The lowest BCUT2D eigenvalue weighted by molar-refractivity contribution is 0.0828. The van der Waals surface area contributed by atoms with Gasteiger partial charge >= 0.3 is 0 Å². The molecule has 0 heteroatoms. The molecule has 0 aromatic carbocycles. The van der Waals surface area contributed by atoms with Gasteiger partial charge in [0.2, 0.25) is 0 Å². The van der Waals surface area contributed by atoms with Gasteiger partial charge in [0.05, 0.1) is 0 Å². The van der Waals surface area contributed by atoms with Crippen molar-refractivity contribution in [1.29, 1.82) is 0 Å². The van der Waals surface area contributed by atoms with Gasteiger partial charge in [-0.1, -0.05) is 20.3 Å². The highest BCUT2D eigenvalue weighted by Crippen LogP contribution is 2.61. The molecule has 4 fully saturated rings. The van der Waals surface area contributed by atoms with Gasteiger partial charge in [0.15, 0.2) is 0 Å². The molecule has 0 aliphatic heterocycles. The molecule has 7 unspecified atom stereocenters. The minimum Gasteiger partial charge on any atom is -0.0622 e. The zero-order chi connectivity index (χ0) is 12.3. The molecule has 0 nitrogen and oxygen atoms in total. The van der Waals surface area contributed by atoms with Crippen molar-refractivity contribution in [2.24, 2.45) is 40.9 Å². The van der Waals surface area contributed by atoms with Gasteiger partial charge in [-0.25, -0.2) is 0 Å². The van der Waals surface area contributed by atoms with Crippen LogP contribution in [0.1, 0.15) is 71.6 Å². The number of rotatable bonds is 2. The Labute approximate surface area is 113 Å². The third-order valence-corrected chi connectivity index (χ3v) is 7.67. The third kappa shape index (κ3) is 1.70. The molecule has 0 saturated heterocycles. The van der Waals surface area contributed by atoms with E-state index < -0.39 is 0 Å². The fraction of sp³-hybridized carbons (Fsp3) is 1.00. The summed E-state index contributed by atoms with van der Waals surface area (Å²) in [5, 5.41) is 0. The zero-order valence-corrected chi connectivity index (χ0v) is 12.3. The first-order valence-electron chi connectivity index (χ1n) is 8.64. The van der Waals surface area contributed by atoms with Crippen LogP contribution in [0.4, 0.5) is 0 Å². The molecule has 18 heavy (non-hydrogen) atoms. The summed E-state index contributed by atoms with van der Waals surface area (Å²) in [7, 11) is 0. The summed E-state index contributed by atoms with van der Waals surface area (Å²) in [6.45, 7) is 5.20. The third-order valence-electron chi connectivity index (χ3n) is 7.67. The predicted octanol–water partition coefficient (Wildman–Crippen LogP) is 5.28. The van der Waals surface area contributed by atoms with Gasteiger partial charge in [0, 0.05) is 0 Å². The first-order valence-corrected chi connectivity index (χ1v) is 8.64. The first-order chi connectivity index (χ1) is 8.64. The van der Waals surface area contributed by atoms with Crippen molar-refractivity contribution in [2.75, 3.05) is 0 Å². The van der Waals surface area contributed by atoms with Crippen molar-refractivity contribution in [3.63, 3.8) is 0 Å². The van der Waals surface area contributed by atoms with Crippen LogP contribution in [0.5, 0.6) is 0 Å². The molecule has 0 heterocycles. The summed E-state index contributed by atoms with van der Waals surface area (Å²) in [6.07, 6.45) is 14.2. The Morgan fingerprint density at radius 3 is 2.50 bits per heavy atom. The minimum atomic E-state index is 0.753. The average molecular weight is 246 g/mol. The maximum absolute atomic E-state index is 2.66. The van der Waals surface area contributed by atoms with E-state index in [1.807, 2.05) is 0 Å². The van der Waals surface area contributed by atoms with Gasteiger partial charge < -0.3 is 0 Å². The van der Waals surface area contributed by atoms with E-state index in [0.717, 1.165) is 40.9 Å². The Morgan fingerprint density at radius 1 is 0.944 bits per heavy atom. The summed E-state index contributed by atoms with van der Waals surface area (Å²) < 4.78 is 0. The van der Waals surface area contributed by atoms with Crippen molar-refractivity contribution in [3.05, 3.63) is 0 Å². The van der Waals surface area contributed by atoms with Gasteiger partial charge in [0.25, 0.3) is 0 Å². The second-order valence-electron chi connectivity index (χ2n) is 8.74. The summed E-state index contributed by atoms with van der Waals surface area (Å²) in [6, 6.07) is 0. The fourth-order valence-corrected chi connectivity index (χ4v) is 6.68. The van der Waals surface area contributed by atoms with E-state index in [2.05, 4.69) is 13.8 Å². The van der Waals surface area contributed by atoms with E-state index in [-0.39, 0.29) is 0 Å². The SMILES string of the molecule is CC1CC(CC2(C)CC3CCC2C3)C2CCC1C2. The quantitative estimate of drug-likeness (QED) is 0.622. The molecule has 0 N–H and O–H groups in total. The highest BCUT2D eigenvalue weighted by Gasteiger charge is 2.50. The first kappa shape index (κ1) is 11.8. The topological polar surface area (TPSA) is 0 Å². The smallest absolute Gasteiger partial charge is 0.0292 e. The molecule has 0 aromatic heterocycles. The summed E-state index contributed by atoms with van der Waals surface area (Å²) >= 11 is 0. The van der Waals surface area contributed by atoms with Crippen LogP contribution in [0.2, 0.25) is 0 Å². The molecule has 4 bridgehead atoms. The van der Waals surface area contributed by atoms with Crippen molar-refractivity contribution in [3.8, 4) is 0 Å². The van der Waals surface area contributed by atoms with Gasteiger partial charge in [-0.2, -0.15) is 0 Å². The van der Waals surface area contributed by atoms with E-state index in [1.54, 1.807) is 57.8 Å². The minimum absolute atomic E-state index is 0.753. The lowest BCUT2D eigenvalue weighted by Crippen LogP contribution is -2.32. The average Bonchev–Trinajstić information content (AvgIpc) is 2.99. The molecule has 7 atom stereocenters. The van der Waals surface area contributed by atoms with Crippen LogP contribution in [0.3, 0.4) is 0 Å². The highest BCUT2D eigenvalue weighted by atomic mass is 14.6. The molecule has 0 spiro atoms. The van der Waals surface area contributed by atoms with Crippen LogP contribution < -0.4 is 0 Å². The Hall–Kier alpha value is 0. The molecule has 0 aromatic rings. The fourth-order valence-electron chi connectivity index (χ4n) is 6.68. The maximum Gasteiger partial charge on any atom is -0.0292 e. The molecule has 4 saturated carbocycles. The zero-order valence-electron chi connectivity index (χ0n) is 12.3. The molecule has 0 radical (unpaired) electrons. The van der Waals surface area contributed by atoms with Crippen LogP contribution >= 0.6 is 0 Å². The highest BCUT2D eigenvalue weighted by molar-refractivity contribution is 5.01. The Balaban J connectivity index is 1.48. The second kappa shape index (κ2) is 4.00. The number of hydrogen-bond donors (Lipinski definition) is 0. The predicted molar refractivity (Wildman–Crippen MR) is 76.3 cm³/mol. The van der Waals surface area contributed by atoms with Gasteiger partial charge in [-0.15, -0.1) is 0 Å². The standard InChI is InChI=1S/C18H30/c1-12-7-16(15-5-4-14(12)9-15)11-18(2)10-13-3-6-17(18)8-13/h12-17H,3-11H2,1-2H3. The Morgan fingerprint density at radius 2 is 1.78 bits per heavy atom. The normalized spacial score (nSPS) is 58.3. The Kier molecular flexibility index (Phi) is 2.62. The molecule has 0 amide bonds. The molecule has 4 aliphatic rings. The van der Waals surface area contributed by atoms with Crippen LogP contribution in [-0.4, -0.2) is 0 Å². The molecular formula is C18H30. The summed E-state index contributed by atoms with van der Waals surface area (Å²) in [4.78, 5) is 0. The molecule has 4 aliphatic carbocycles. The number of fused-ring (bicyclic) bond motifs is 4. The van der Waals surface area contributed by atoms with Gasteiger partial charge in [0.1, 0.15) is 0 Å². The van der Waals surface area contributed by atoms with Crippen LogP contribution in [0.25, 0.3) is 0 Å².